The highest BCUT2D eigenvalue weighted by molar-refractivity contribution is 7.90. The lowest BCUT2D eigenvalue weighted by molar-refractivity contribution is 0.0981. The molecule has 6 heteroatoms. The van der Waals surface area contributed by atoms with E-state index in [-0.39, 0.29) is 15.9 Å². The molecule has 27 heavy (non-hydrogen) atoms. The summed E-state index contributed by atoms with van der Waals surface area (Å²) in [6, 6.07) is 17.1. The summed E-state index contributed by atoms with van der Waals surface area (Å²) in [6.45, 7) is 6.15. The minimum Gasteiger partial charge on any atom is -0.324 e. The predicted octanol–water partition coefficient (Wildman–Crippen LogP) is 3.89. The normalized spacial score (nSPS) is 12.0. The van der Waals surface area contributed by atoms with Crippen molar-refractivity contribution >= 4 is 15.9 Å². The maximum absolute atomic E-state index is 12.6. The van der Waals surface area contributed by atoms with Crippen molar-refractivity contribution in [3.8, 4) is 5.69 Å². The number of nitrogens with zero attached hydrogens (tertiary/aromatic N) is 1. The summed E-state index contributed by atoms with van der Waals surface area (Å²) in [5, 5.41) is 0. The van der Waals surface area contributed by atoms with E-state index in [1.807, 2.05) is 35.2 Å². The zero-order chi connectivity index (χ0) is 19.7. The van der Waals surface area contributed by atoms with E-state index in [1.54, 1.807) is 30.3 Å². The van der Waals surface area contributed by atoms with Gasteiger partial charge in [0, 0.05) is 23.6 Å². The molecule has 0 unspecified atom stereocenters. The Labute approximate surface area is 159 Å². The van der Waals surface area contributed by atoms with Crippen LogP contribution in [0.15, 0.2) is 78.0 Å². The second kappa shape index (κ2) is 7.04. The van der Waals surface area contributed by atoms with Crippen LogP contribution in [-0.4, -0.2) is 18.9 Å². The van der Waals surface area contributed by atoms with Crippen LogP contribution in [0.5, 0.6) is 0 Å². The fraction of sp³-hybridized carbons (Fsp3) is 0.190. The van der Waals surface area contributed by atoms with Gasteiger partial charge < -0.3 is 4.57 Å². The van der Waals surface area contributed by atoms with Crippen molar-refractivity contribution in [2.75, 3.05) is 0 Å². The molecule has 1 heterocycles. The van der Waals surface area contributed by atoms with Gasteiger partial charge in [-0.15, -0.1) is 0 Å². The first-order valence-corrected chi connectivity index (χ1v) is 10.1. The summed E-state index contributed by atoms with van der Waals surface area (Å²) in [6.07, 6.45) is 3.70. The molecular formula is C21H22N2O3S. The molecule has 0 bridgehead atoms. The van der Waals surface area contributed by atoms with E-state index >= 15 is 0 Å². The third-order valence-corrected chi connectivity index (χ3v) is 5.62. The highest BCUT2D eigenvalue weighted by atomic mass is 32.2. The number of aromatic nitrogens is 1. The molecule has 3 aromatic rings. The van der Waals surface area contributed by atoms with Gasteiger partial charge >= 0.3 is 0 Å². The van der Waals surface area contributed by atoms with Crippen LogP contribution < -0.4 is 4.72 Å². The van der Waals surface area contributed by atoms with Crippen LogP contribution in [0.2, 0.25) is 0 Å². The Kier molecular flexibility index (Phi) is 4.93. The number of nitrogens with one attached hydrogen (secondary N) is 1. The molecule has 0 fully saturated rings. The fourth-order valence-electron chi connectivity index (χ4n) is 2.69. The number of rotatable bonds is 4. The molecule has 0 atom stereocenters. The Morgan fingerprint density at radius 2 is 1.56 bits per heavy atom. The van der Waals surface area contributed by atoms with E-state index in [0.29, 0.717) is 0 Å². The molecule has 0 aliphatic carbocycles. The van der Waals surface area contributed by atoms with Crippen molar-refractivity contribution in [3.05, 3.63) is 84.2 Å². The Hall–Kier alpha value is -2.86. The molecule has 1 amide bonds. The van der Waals surface area contributed by atoms with Crippen LogP contribution in [0.1, 0.15) is 36.7 Å². The van der Waals surface area contributed by atoms with E-state index in [1.165, 1.54) is 12.1 Å². The standard InChI is InChI=1S/C21H22N2O3S/c1-21(2,3)17-9-11-19(12-10-17)27(25,26)22-20(24)16-7-6-8-18(15-16)23-13-4-5-14-23/h4-15H,1-3H3,(H,22,24). The summed E-state index contributed by atoms with van der Waals surface area (Å²) >= 11 is 0. The van der Waals surface area contributed by atoms with Crippen molar-refractivity contribution in [2.45, 2.75) is 31.1 Å². The number of hydrogen-bond donors (Lipinski definition) is 1. The number of benzene rings is 2. The van der Waals surface area contributed by atoms with Gasteiger partial charge in [0.2, 0.25) is 0 Å². The minimum atomic E-state index is -3.94. The topological polar surface area (TPSA) is 68.2 Å². The van der Waals surface area contributed by atoms with Crippen molar-refractivity contribution in [1.29, 1.82) is 0 Å². The van der Waals surface area contributed by atoms with Crippen LogP contribution in [0.25, 0.3) is 5.69 Å². The van der Waals surface area contributed by atoms with Crippen LogP contribution in [0.3, 0.4) is 0 Å². The lowest BCUT2D eigenvalue weighted by atomic mass is 9.87. The van der Waals surface area contributed by atoms with Crippen LogP contribution in [-0.2, 0) is 15.4 Å². The molecule has 5 nitrogen and oxygen atoms in total. The van der Waals surface area contributed by atoms with Crippen LogP contribution in [0.4, 0.5) is 0 Å². The van der Waals surface area contributed by atoms with Crippen molar-refractivity contribution in [2.24, 2.45) is 0 Å². The maximum atomic E-state index is 12.6. The number of hydrogen-bond acceptors (Lipinski definition) is 3. The minimum absolute atomic E-state index is 0.0606. The van der Waals surface area contributed by atoms with Gasteiger partial charge in [0.1, 0.15) is 0 Å². The quantitative estimate of drug-likeness (QED) is 0.744. The second-order valence-electron chi connectivity index (χ2n) is 7.35. The summed E-state index contributed by atoms with van der Waals surface area (Å²) < 4.78 is 29.1. The molecular weight excluding hydrogens is 360 g/mol. The Balaban J connectivity index is 1.82. The second-order valence-corrected chi connectivity index (χ2v) is 9.03. The zero-order valence-electron chi connectivity index (χ0n) is 15.5. The third-order valence-electron chi connectivity index (χ3n) is 4.27. The molecule has 1 aromatic heterocycles. The summed E-state index contributed by atoms with van der Waals surface area (Å²) in [4.78, 5) is 12.5. The Morgan fingerprint density at radius 1 is 0.926 bits per heavy atom. The molecule has 1 N–H and O–H groups in total. The largest absolute Gasteiger partial charge is 0.324 e. The van der Waals surface area contributed by atoms with Crippen molar-refractivity contribution in [1.82, 2.24) is 9.29 Å². The van der Waals surface area contributed by atoms with E-state index in [9.17, 15) is 13.2 Å². The Morgan fingerprint density at radius 3 is 2.15 bits per heavy atom. The van der Waals surface area contributed by atoms with Crippen molar-refractivity contribution in [3.63, 3.8) is 0 Å². The van der Waals surface area contributed by atoms with Crippen LogP contribution in [0, 0.1) is 0 Å². The molecule has 0 radical (unpaired) electrons. The molecule has 0 aliphatic rings. The summed E-state index contributed by atoms with van der Waals surface area (Å²) in [7, 11) is -3.94. The van der Waals surface area contributed by atoms with Gasteiger partial charge in [0.25, 0.3) is 15.9 Å². The number of amides is 1. The number of carbonyl (C=O) groups is 1. The molecule has 0 aliphatic heterocycles. The van der Waals surface area contributed by atoms with Crippen LogP contribution >= 0.6 is 0 Å². The van der Waals surface area contributed by atoms with Gasteiger partial charge in [-0.2, -0.15) is 0 Å². The molecule has 3 rings (SSSR count). The van der Waals surface area contributed by atoms with Gasteiger partial charge in [-0.25, -0.2) is 13.1 Å². The lowest BCUT2D eigenvalue weighted by Gasteiger charge is -2.19. The van der Waals surface area contributed by atoms with E-state index < -0.39 is 15.9 Å². The first-order chi connectivity index (χ1) is 12.7. The van der Waals surface area contributed by atoms with Gasteiger partial charge in [0.05, 0.1) is 4.90 Å². The van der Waals surface area contributed by atoms with Gasteiger partial charge in [-0.05, 0) is 53.4 Å². The average molecular weight is 382 g/mol. The van der Waals surface area contributed by atoms with Gasteiger partial charge in [-0.3, -0.25) is 4.79 Å². The molecule has 0 saturated heterocycles. The molecule has 140 valence electrons. The van der Waals surface area contributed by atoms with E-state index in [0.717, 1.165) is 11.3 Å². The number of sulfonamides is 1. The maximum Gasteiger partial charge on any atom is 0.265 e. The smallest absolute Gasteiger partial charge is 0.265 e. The van der Waals surface area contributed by atoms with Crippen molar-refractivity contribution < 1.29 is 13.2 Å². The SMILES string of the molecule is CC(C)(C)c1ccc(S(=O)(=O)NC(=O)c2cccc(-n3cccc3)c2)cc1. The van der Waals surface area contributed by atoms with Gasteiger partial charge in [0.15, 0.2) is 0 Å². The van der Waals surface area contributed by atoms with E-state index in [2.05, 4.69) is 25.5 Å². The monoisotopic (exact) mass is 382 g/mol. The lowest BCUT2D eigenvalue weighted by Crippen LogP contribution is -2.30. The highest BCUT2D eigenvalue weighted by Gasteiger charge is 2.20. The third kappa shape index (κ3) is 4.28. The molecule has 0 saturated carbocycles. The zero-order valence-corrected chi connectivity index (χ0v) is 16.3. The molecule has 2 aromatic carbocycles. The summed E-state index contributed by atoms with van der Waals surface area (Å²) in [5.74, 6) is -0.663. The predicted molar refractivity (Wildman–Crippen MR) is 106 cm³/mol. The first kappa shape index (κ1) is 18.9. The number of carbonyl (C=O) groups excluding carboxylic acids is 1. The fourth-order valence-corrected chi connectivity index (χ4v) is 3.66. The molecule has 0 spiro atoms. The van der Waals surface area contributed by atoms with E-state index in [4.69, 9.17) is 0 Å². The average Bonchev–Trinajstić information content (AvgIpc) is 3.15. The Bertz CT molecular complexity index is 1050. The van der Waals surface area contributed by atoms with Gasteiger partial charge in [-0.1, -0.05) is 39.0 Å². The highest BCUT2D eigenvalue weighted by Crippen LogP contribution is 2.23. The first-order valence-electron chi connectivity index (χ1n) is 8.58. The summed E-state index contributed by atoms with van der Waals surface area (Å²) in [5.41, 5.74) is 1.99.